The van der Waals surface area contributed by atoms with E-state index in [9.17, 15) is 52.7 Å². The van der Waals surface area contributed by atoms with Gasteiger partial charge in [0.2, 0.25) is 0 Å². The van der Waals surface area contributed by atoms with Gasteiger partial charge in [-0.3, -0.25) is 0 Å². The number of fused-ring (bicyclic) bond motifs is 12. The molecule has 0 bridgehead atoms. The molecule has 4 nitrogen and oxygen atoms in total. The molecule has 0 saturated carbocycles. The SMILES string of the molecule is CC(C)c1cc2c3ccc(N(c4ccccc4)c4cc(C(F)(F)F)cc(C(F)(F)F)c4)cc3n3c4ccc5c(ccc6oc7cc(N(c8ccccc8)c8cc(C(F)(F)F)cc(C(F)(F)F)c8)ccc7c65)c4c(c1)c23. The number of furan rings is 1. The highest BCUT2D eigenvalue weighted by Gasteiger charge is 2.39. The van der Waals surface area contributed by atoms with Crippen molar-refractivity contribution in [3.63, 3.8) is 0 Å². The van der Waals surface area contributed by atoms with Gasteiger partial charge in [-0.05, 0) is 138 Å². The Morgan fingerprint density at radius 1 is 0.360 bits per heavy atom. The molecule has 0 spiro atoms. The van der Waals surface area contributed by atoms with E-state index in [-0.39, 0.29) is 35.1 Å². The van der Waals surface area contributed by atoms with Crippen LogP contribution in [0.25, 0.3) is 70.8 Å². The lowest BCUT2D eigenvalue weighted by atomic mass is 9.95. The molecule has 12 aromatic rings. The third kappa shape index (κ3) is 7.87. The van der Waals surface area contributed by atoms with Crippen LogP contribution in [-0.2, 0) is 24.7 Å². The number of rotatable bonds is 7. The largest absolute Gasteiger partial charge is 0.456 e. The summed E-state index contributed by atoms with van der Waals surface area (Å²) < 4.78 is 179. The Hall–Kier alpha value is -8.40. The number of nitrogens with zero attached hydrogens (tertiary/aromatic N) is 3. The molecule has 0 aliphatic rings. The molecule has 9 aromatic carbocycles. The van der Waals surface area contributed by atoms with Crippen LogP contribution in [0.2, 0.25) is 0 Å². The fraction of sp³-hybridized carbons (Fsp3) is 0.119. The Morgan fingerprint density at radius 3 is 1.32 bits per heavy atom. The first-order valence-electron chi connectivity index (χ1n) is 23.4. The van der Waals surface area contributed by atoms with Crippen LogP contribution < -0.4 is 9.80 Å². The second-order valence-corrected chi connectivity index (χ2v) is 18.8. The molecule has 376 valence electrons. The molecule has 16 heteroatoms. The van der Waals surface area contributed by atoms with E-state index in [4.69, 9.17) is 4.42 Å². The normalized spacial score (nSPS) is 13.1. The van der Waals surface area contributed by atoms with Gasteiger partial charge >= 0.3 is 24.7 Å². The van der Waals surface area contributed by atoms with Gasteiger partial charge in [0, 0.05) is 72.5 Å². The minimum absolute atomic E-state index is 0.0600. The third-order valence-corrected chi connectivity index (χ3v) is 13.8. The monoisotopic (exact) mass is 1030 g/mol. The molecular weight excluding hydrogens is 995 g/mol. The average molecular weight is 1030 g/mol. The van der Waals surface area contributed by atoms with Crippen LogP contribution in [0.4, 0.5) is 86.8 Å². The summed E-state index contributed by atoms with van der Waals surface area (Å²) in [5, 5.41) is 6.30. The van der Waals surface area contributed by atoms with Crippen molar-refractivity contribution >= 4 is 105 Å². The summed E-state index contributed by atoms with van der Waals surface area (Å²) in [4.78, 5) is 2.67. The van der Waals surface area contributed by atoms with Crippen LogP contribution in [0.15, 0.2) is 174 Å². The maximum atomic E-state index is 14.3. The molecule has 0 radical (unpaired) electrons. The molecule has 75 heavy (non-hydrogen) atoms. The van der Waals surface area contributed by atoms with Crippen molar-refractivity contribution in [3.05, 3.63) is 198 Å². The minimum atomic E-state index is -5.09. The predicted molar refractivity (Wildman–Crippen MR) is 269 cm³/mol. The molecule has 0 fully saturated rings. The van der Waals surface area contributed by atoms with Gasteiger partial charge in [0.15, 0.2) is 0 Å². The maximum absolute atomic E-state index is 14.3. The molecule has 0 amide bonds. The zero-order valence-electron chi connectivity index (χ0n) is 39.0. The Labute approximate surface area is 417 Å². The molecule has 0 aliphatic carbocycles. The Bertz CT molecular complexity index is 4160. The Morgan fingerprint density at radius 2 is 0.813 bits per heavy atom. The fourth-order valence-electron chi connectivity index (χ4n) is 10.5. The first-order valence-corrected chi connectivity index (χ1v) is 23.4. The van der Waals surface area contributed by atoms with Crippen molar-refractivity contribution in [2.75, 3.05) is 9.80 Å². The lowest BCUT2D eigenvalue weighted by Gasteiger charge is -2.27. The molecule has 0 aliphatic heterocycles. The van der Waals surface area contributed by atoms with Gasteiger partial charge < -0.3 is 18.6 Å². The number of halogens is 12. The number of aromatic nitrogens is 1. The van der Waals surface area contributed by atoms with E-state index >= 15 is 0 Å². The number of anilines is 6. The number of benzene rings is 9. The average Bonchev–Trinajstić information content (AvgIpc) is 4.18. The number of alkyl halides is 12. The van der Waals surface area contributed by atoms with Crippen molar-refractivity contribution in [1.82, 2.24) is 4.40 Å². The lowest BCUT2D eigenvalue weighted by molar-refractivity contribution is -0.144. The zero-order chi connectivity index (χ0) is 52.7. The van der Waals surface area contributed by atoms with E-state index < -0.39 is 47.0 Å². The summed E-state index contributed by atoms with van der Waals surface area (Å²) in [5.74, 6) is 0.0600. The maximum Gasteiger partial charge on any atom is 0.416 e. The highest BCUT2D eigenvalue weighted by Crippen LogP contribution is 2.50. The lowest BCUT2D eigenvalue weighted by Crippen LogP contribution is -2.15. The van der Waals surface area contributed by atoms with E-state index in [0.717, 1.165) is 48.9 Å². The number of hydrogen-bond acceptors (Lipinski definition) is 3. The van der Waals surface area contributed by atoms with Crippen LogP contribution >= 0.6 is 0 Å². The number of para-hydroxylation sites is 2. The van der Waals surface area contributed by atoms with Gasteiger partial charge in [0.25, 0.3) is 0 Å². The van der Waals surface area contributed by atoms with Crippen molar-refractivity contribution in [1.29, 1.82) is 0 Å². The Balaban J connectivity index is 1.07. The summed E-state index contributed by atoms with van der Waals surface area (Å²) in [6.07, 6.45) is -20.4. The van der Waals surface area contributed by atoms with E-state index in [1.165, 1.54) is 9.80 Å². The Kier molecular flexibility index (Phi) is 10.5. The summed E-state index contributed by atoms with van der Waals surface area (Å²) in [5.41, 5.74) is -1.45. The topological polar surface area (TPSA) is 24.0 Å². The molecule has 0 unspecified atom stereocenters. The van der Waals surface area contributed by atoms with Gasteiger partial charge in [-0.2, -0.15) is 52.7 Å². The van der Waals surface area contributed by atoms with E-state index in [1.54, 1.807) is 97.1 Å². The van der Waals surface area contributed by atoms with Crippen LogP contribution in [0.5, 0.6) is 0 Å². The van der Waals surface area contributed by atoms with E-state index in [2.05, 4.69) is 30.4 Å². The van der Waals surface area contributed by atoms with Crippen molar-refractivity contribution < 1.29 is 57.1 Å². The highest BCUT2D eigenvalue weighted by atomic mass is 19.4. The van der Waals surface area contributed by atoms with Crippen LogP contribution in [-0.4, -0.2) is 4.40 Å². The van der Waals surface area contributed by atoms with Crippen LogP contribution in [0.3, 0.4) is 0 Å². The minimum Gasteiger partial charge on any atom is -0.456 e. The molecule has 0 atom stereocenters. The van der Waals surface area contributed by atoms with Gasteiger partial charge in [0.05, 0.1) is 38.8 Å². The fourth-order valence-corrected chi connectivity index (χ4v) is 10.5. The van der Waals surface area contributed by atoms with E-state index in [0.29, 0.717) is 68.8 Å². The third-order valence-electron chi connectivity index (χ3n) is 13.8. The quantitative estimate of drug-likeness (QED) is 0.149. The first-order chi connectivity index (χ1) is 35.5. The second-order valence-electron chi connectivity index (χ2n) is 18.8. The highest BCUT2D eigenvalue weighted by molar-refractivity contribution is 6.32. The molecule has 12 rings (SSSR count). The van der Waals surface area contributed by atoms with Gasteiger partial charge in [-0.1, -0.05) is 62.4 Å². The zero-order valence-corrected chi connectivity index (χ0v) is 39.0. The molecule has 3 heterocycles. The van der Waals surface area contributed by atoms with Crippen molar-refractivity contribution in [2.24, 2.45) is 0 Å². The van der Waals surface area contributed by atoms with Gasteiger partial charge in [-0.25, -0.2) is 0 Å². The summed E-state index contributed by atoms with van der Waals surface area (Å²) in [6.45, 7) is 4.12. The predicted octanol–water partition coefficient (Wildman–Crippen LogP) is 20.0. The van der Waals surface area contributed by atoms with E-state index in [1.807, 2.05) is 24.3 Å². The standard InChI is InChI=1S/C59H35F12N3O/c1-31(2)32-21-47-43-15-13-39(72(37-9-5-3-6-10-37)41-25-33(56(60,61)62)23-34(26-41)57(63,64)65)29-50(43)74-49-19-17-45-44(53(49)48(22-32)55(47)74)18-20-51-54(45)46-16-14-40(30-52(46)75-51)73(38-11-7-4-8-12-38)42-27-35(58(66,67)68)24-36(28-42)59(69,70)71/h3-31H,1-2H3. The summed E-state index contributed by atoms with van der Waals surface area (Å²) >= 11 is 0. The molecule has 3 aromatic heterocycles. The molecule has 0 saturated heterocycles. The summed E-state index contributed by atoms with van der Waals surface area (Å²) in [7, 11) is 0. The first kappa shape index (κ1) is 47.6. The van der Waals surface area contributed by atoms with Crippen molar-refractivity contribution in [2.45, 2.75) is 44.5 Å². The van der Waals surface area contributed by atoms with Crippen LogP contribution in [0.1, 0.15) is 47.6 Å². The second kappa shape index (κ2) is 16.6. The molecular formula is C59H35F12N3O. The van der Waals surface area contributed by atoms with Crippen molar-refractivity contribution in [3.8, 4) is 0 Å². The molecule has 0 N–H and O–H groups in total. The smallest absolute Gasteiger partial charge is 0.416 e. The van der Waals surface area contributed by atoms with Crippen LogP contribution in [0, 0.1) is 0 Å². The summed E-state index contributed by atoms with van der Waals surface area (Å²) in [6, 6.07) is 41.1. The van der Waals surface area contributed by atoms with Gasteiger partial charge in [0.1, 0.15) is 11.2 Å². The number of hydrogen-bond donors (Lipinski definition) is 0. The van der Waals surface area contributed by atoms with Gasteiger partial charge in [-0.15, -0.1) is 0 Å².